The standard InChI is InChI=1S/C20H25NO2/c1-23-17-10-9-14-6-2-3-7-15(14)18(17)19-16-8-4-5-11-20(16,22)12-13-21-19/h2-3,6-7,9-10,16,19,21-22H,4-5,8,11-13H2,1H3/t16-,19-,20+/m0/s1. The largest absolute Gasteiger partial charge is 0.496 e. The first-order valence-electron chi connectivity index (χ1n) is 8.74. The maximum absolute atomic E-state index is 11.2. The molecule has 3 nitrogen and oxygen atoms in total. The number of rotatable bonds is 2. The quantitative estimate of drug-likeness (QED) is 0.886. The summed E-state index contributed by atoms with van der Waals surface area (Å²) in [5, 5.41) is 17.3. The lowest BCUT2D eigenvalue weighted by atomic mass is 9.66. The van der Waals surface area contributed by atoms with Gasteiger partial charge in [-0.15, -0.1) is 0 Å². The number of fused-ring (bicyclic) bond motifs is 2. The molecule has 1 saturated heterocycles. The average Bonchev–Trinajstić information content (AvgIpc) is 2.59. The molecular formula is C20H25NO2. The molecule has 1 saturated carbocycles. The minimum Gasteiger partial charge on any atom is -0.496 e. The molecule has 1 aliphatic carbocycles. The number of ether oxygens (including phenoxy) is 1. The normalized spacial score (nSPS) is 30.9. The third kappa shape index (κ3) is 2.43. The van der Waals surface area contributed by atoms with Crippen molar-refractivity contribution in [3.8, 4) is 5.75 Å². The van der Waals surface area contributed by atoms with E-state index in [2.05, 4.69) is 41.7 Å². The van der Waals surface area contributed by atoms with E-state index in [1.165, 1.54) is 22.8 Å². The predicted molar refractivity (Wildman–Crippen MR) is 92.8 cm³/mol. The molecular weight excluding hydrogens is 286 g/mol. The van der Waals surface area contributed by atoms with Crippen LogP contribution in [-0.2, 0) is 0 Å². The molecule has 0 unspecified atom stereocenters. The number of hydrogen-bond donors (Lipinski definition) is 2. The van der Waals surface area contributed by atoms with Gasteiger partial charge in [0.15, 0.2) is 0 Å². The van der Waals surface area contributed by atoms with Crippen LogP contribution < -0.4 is 10.1 Å². The molecule has 23 heavy (non-hydrogen) atoms. The summed E-state index contributed by atoms with van der Waals surface area (Å²) in [6, 6.07) is 12.8. The summed E-state index contributed by atoms with van der Waals surface area (Å²) >= 11 is 0. The summed E-state index contributed by atoms with van der Waals surface area (Å²) in [5.74, 6) is 1.20. The Morgan fingerprint density at radius 1 is 1.13 bits per heavy atom. The van der Waals surface area contributed by atoms with Gasteiger partial charge in [0.25, 0.3) is 0 Å². The molecule has 2 aromatic carbocycles. The molecule has 4 rings (SSSR count). The van der Waals surface area contributed by atoms with Crippen LogP contribution in [0.2, 0.25) is 0 Å². The van der Waals surface area contributed by atoms with E-state index in [0.717, 1.165) is 38.0 Å². The summed E-state index contributed by atoms with van der Waals surface area (Å²) in [4.78, 5) is 0. The Bertz CT molecular complexity index is 710. The van der Waals surface area contributed by atoms with Crippen molar-refractivity contribution in [1.82, 2.24) is 5.32 Å². The number of nitrogens with one attached hydrogen (secondary N) is 1. The Morgan fingerprint density at radius 2 is 2.00 bits per heavy atom. The van der Waals surface area contributed by atoms with Crippen LogP contribution in [0.5, 0.6) is 5.75 Å². The molecule has 0 radical (unpaired) electrons. The van der Waals surface area contributed by atoms with Gasteiger partial charge in [0.2, 0.25) is 0 Å². The first-order chi connectivity index (χ1) is 11.2. The molecule has 0 amide bonds. The summed E-state index contributed by atoms with van der Waals surface area (Å²) in [6.07, 6.45) is 5.23. The van der Waals surface area contributed by atoms with Crippen LogP contribution in [-0.4, -0.2) is 24.4 Å². The van der Waals surface area contributed by atoms with E-state index in [1.54, 1.807) is 7.11 Å². The van der Waals surface area contributed by atoms with Crippen molar-refractivity contribution in [2.45, 2.75) is 43.7 Å². The lowest BCUT2D eigenvalue weighted by molar-refractivity contribution is -0.0861. The summed E-state index contributed by atoms with van der Waals surface area (Å²) < 4.78 is 5.70. The van der Waals surface area contributed by atoms with Crippen LogP contribution in [0.1, 0.15) is 43.7 Å². The van der Waals surface area contributed by atoms with Gasteiger partial charge in [-0.3, -0.25) is 0 Å². The molecule has 2 aromatic rings. The van der Waals surface area contributed by atoms with Crippen molar-refractivity contribution >= 4 is 10.8 Å². The molecule has 3 atom stereocenters. The molecule has 0 spiro atoms. The SMILES string of the molecule is COc1ccc2ccccc2c1[C@H]1NCC[C@]2(O)CCCC[C@@H]12. The number of hydrogen-bond acceptors (Lipinski definition) is 3. The molecule has 2 fully saturated rings. The lowest BCUT2D eigenvalue weighted by Gasteiger charge is -2.48. The van der Waals surface area contributed by atoms with E-state index in [9.17, 15) is 5.11 Å². The Morgan fingerprint density at radius 3 is 2.87 bits per heavy atom. The first-order valence-corrected chi connectivity index (χ1v) is 8.74. The van der Waals surface area contributed by atoms with E-state index < -0.39 is 5.60 Å². The number of benzene rings is 2. The smallest absolute Gasteiger partial charge is 0.124 e. The number of methoxy groups -OCH3 is 1. The van der Waals surface area contributed by atoms with Crippen molar-refractivity contribution in [1.29, 1.82) is 0 Å². The highest BCUT2D eigenvalue weighted by molar-refractivity contribution is 5.88. The van der Waals surface area contributed by atoms with Crippen molar-refractivity contribution in [3.05, 3.63) is 42.0 Å². The van der Waals surface area contributed by atoms with Crippen molar-refractivity contribution < 1.29 is 9.84 Å². The number of piperidine rings is 1. The van der Waals surface area contributed by atoms with Crippen LogP contribution in [0.15, 0.2) is 36.4 Å². The van der Waals surface area contributed by atoms with Gasteiger partial charge in [-0.05, 0) is 42.6 Å². The van der Waals surface area contributed by atoms with Gasteiger partial charge < -0.3 is 15.2 Å². The fourth-order valence-corrected chi connectivity index (χ4v) is 4.70. The topological polar surface area (TPSA) is 41.5 Å². The minimum absolute atomic E-state index is 0.162. The van der Waals surface area contributed by atoms with Crippen LogP contribution in [0, 0.1) is 5.92 Å². The zero-order valence-electron chi connectivity index (χ0n) is 13.7. The summed E-state index contributed by atoms with van der Waals surface area (Å²) in [7, 11) is 1.74. The lowest BCUT2D eigenvalue weighted by Crippen LogP contribution is -2.53. The molecule has 3 heteroatoms. The second-order valence-electron chi connectivity index (χ2n) is 7.04. The van der Waals surface area contributed by atoms with Gasteiger partial charge in [0.05, 0.1) is 12.7 Å². The van der Waals surface area contributed by atoms with Gasteiger partial charge in [-0.2, -0.15) is 0 Å². The molecule has 2 aliphatic rings. The molecule has 122 valence electrons. The van der Waals surface area contributed by atoms with Crippen LogP contribution in [0.25, 0.3) is 10.8 Å². The zero-order chi connectivity index (χ0) is 15.9. The maximum Gasteiger partial charge on any atom is 0.124 e. The fourth-order valence-electron chi connectivity index (χ4n) is 4.70. The first kappa shape index (κ1) is 15.0. The van der Waals surface area contributed by atoms with Crippen molar-refractivity contribution in [2.75, 3.05) is 13.7 Å². The monoisotopic (exact) mass is 311 g/mol. The fraction of sp³-hybridized carbons (Fsp3) is 0.500. The van der Waals surface area contributed by atoms with Crippen LogP contribution in [0.4, 0.5) is 0 Å². The highest BCUT2D eigenvalue weighted by Gasteiger charge is 2.46. The van der Waals surface area contributed by atoms with E-state index >= 15 is 0 Å². The summed E-state index contributed by atoms with van der Waals surface area (Å²) in [6.45, 7) is 0.865. The van der Waals surface area contributed by atoms with E-state index in [4.69, 9.17) is 4.74 Å². The van der Waals surface area contributed by atoms with Gasteiger partial charge in [0.1, 0.15) is 5.75 Å². The Labute approximate surface area is 137 Å². The van der Waals surface area contributed by atoms with E-state index in [1.807, 2.05) is 0 Å². The summed E-state index contributed by atoms with van der Waals surface area (Å²) in [5.41, 5.74) is 0.700. The molecule has 1 heterocycles. The zero-order valence-corrected chi connectivity index (χ0v) is 13.7. The third-order valence-corrected chi connectivity index (χ3v) is 5.85. The third-order valence-electron chi connectivity index (χ3n) is 5.85. The molecule has 0 aromatic heterocycles. The van der Waals surface area contributed by atoms with Crippen LogP contribution in [0.3, 0.4) is 0 Å². The highest BCUT2D eigenvalue weighted by Crippen LogP contribution is 2.48. The van der Waals surface area contributed by atoms with Gasteiger partial charge in [-0.1, -0.05) is 43.2 Å². The van der Waals surface area contributed by atoms with Gasteiger partial charge >= 0.3 is 0 Å². The van der Waals surface area contributed by atoms with Gasteiger partial charge in [-0.25, -0.2) is 0 Å². The van der Waals surface area contributed by atoms with Crippen molar-refractivity contribution in [2.24, 2.45) is 5.92 Å². The average molecular weight is 311 g/mol. The highest BCUT2D eigenvalue weighted by atomic mass is 16.5. The Kier molecular flexibility index (Phi) is 3.78. The maximum atomic E-state index is 11.2. The van der Waals surface area contributed by atoms with E-state index in [0.29, 0.717) is 0 Å². The predicted octanol–water partition coefficient (Wildman–Crippen LogP) is 3.80. The van der Waals surface area contributed by atoms with Crippen LogP contribution >= 0.6 is 0 Å². The Balaban J connectivity index is 1.87. The van der Waals surface area contributed by atoms with Gasteiger partial charge in [0, 0.05) is 17.5 Å². The second kappa shape index (κ2) is 5.81. The Hall–Kier alpha value is -1.58. The minimum atomic E-state index is -0.518. The molecule has 2 N–H and O–H groups in total. The second-order valence-corrected chi connectivity index (χ2v) is 7.04. The molecule has 0 bridgehead atoms. The molecule has 1 aliphatic heterocycles. The number of aliphatic hydroxyl groups is 1. The van der Waals surface area contributed by atoms with Crippen molar-refractivity contribution in [3.63, 3.8) is 0 Å². The van der Waals surface area contributed by atoms with E-state index in [-0.39, 0.29) is 12.0 Å².